The quantitative estimate of drug-likeness (QED) is 0.921. The molecule has 2 N–H and O–H groups in total. The van der Waals surface area contributed by atoms with E-state index in [0.29, 0.717) is 11.5 Å². The largest absolute Gasteiger partial charge is 0.457 e. The van der Waals surface area contributed by atoms with E-state index in [-0.39, 0.29) is 12.8 Å². The van der Waals surface area contributed by atoms with Crippen LogP contribution in [-0.4, -0.2) is 6.79 Å². The van der Waals surface area contributed by atoms with Gasteiger partial charge in [0.05, 0.1) is 0 Å². The monoisotopic (exact) mass is 335 g/mol. The van der Waals surface area contributed by atoms with Crippen LogP contribution in [0.5, 0.6) is 23.0 Å². The smallest absolute Gasteiger partial charge is 0.231 e. The van der Waals surface area contributed by atoms with E-state index in [9.17, 15) is 0 Å². The van der Waals surface area contributed by atoms with Crippen molar-refractivity contribution in [3.05, 3.63) is 46.4 Å². The molecule has 0 bridgehead atoms. The molecule has 0 aliphatic carbocycles. The molecule has 1 aliphatic rings. The van der Waals surface area contributed by atoms with Crippen LogP contribution in [0.2, 0.25) is 0 Å². The summed E-state index contributed by atoms with van der Waals surface area (Å²) >= 11 is 3.44. The van der Waals surface area contributed by atoms with Gasteiger partial charge in [-0.1, -0.05) is 22.0 Å². The maximum absolute atomic E-state index is 5.97. The highest BCUT2D eigenvalue weighted by atomic mass is 79.9. The summed E-state index contributed by atoms with van der Waals surface area (Å²) in [5, 5.41) is 0. The van der Waals surface area contributed by atoms with E-state index in [4.69, 9.17) is 19.9 Å². The minimum absolute atomic E-state index is 0.105. The summed E-state index contributed by atoms with van der Waals surface area (Å²) in [6, 6.07) is 11.2. The Bertz CT molecular complexity index is 643. The molecule has 1 atom stereocenters. The number of halogens is 1. The first-order valence-corrected chi connectivity index (χ1v) is 7.05. The molecule has 1 heterocycles. The van der Waals surface area contributed by atoms with E-state index in [2.05, 4.69) is 15.9 Å². The van der Waals surface area contributed by atoms with Crippen LogP contribution in [0.25, 0.3) is 0 Å². The second-order valence-corrected chi connectivity index (χ2v) is 5.50. The molecule has 0 aromatic heterocycles. The molecule has 0 fully saturated rings. The SMILES string of the molecule is CC(N)c1ccc(Br)cc1Oc1ccc2c(c1)OCO2. The molecule has 4 nitrogen and oxygen atoms in total. The van der Waals surface area contributed by atoms with Crippen molar-refractivity contribution in [2.24, 2.45) is 5.73 Å². The van der Waals surface area contributed by atoms with Gasteiger partial charge < -0.3 is 19.9 Å². The van der Waals surface area contributed by atoms with Crippen LogP contribution >= 0.6 is 15.9 Å². The first-order chi connectivity index (χ1) is 9.63. The fraction of sp³-hybridized carbons (Fsp3) is 0.200. The normalized spacial score (nSPS) is 14.2. The van der Waals surface area contributed by atoms with Crippen LogP contribution in [0.3, 0.4) is 0 Å². The van der Waals surface area contributed by atoms with Gasteiger partial charge in [0.1, 0.15) is 11.5 Å². The zero-order valence-electron chi connectivity index (χ0n) is 10.9. The zero-order valence-corrected chi connectivity index (χ0v) is 12.5. The first kappa shape index (κ1) is 13.3. The van der Waals surface area contributed by atoms with Gasteiger partial charge in [-0.2, -0.15) is 0 Å². The third-order valence-electron chi connectivity index (χ3n) is 3.04. The van der Waals surface area contributed by atoms with Crippen LogP contribution in [0, 0.1) is 0 Å². The van der Waals surface area contributed by atoms with Gasteiger partial charge in [-0.25, -0.2) is 0 Å². The molecule has 104 valence electrons. The number of nitrogens with two attached hydrogens (primary N) is 1. The van der Waals surface area contributed by atoms with Crippen molar-refractivity contribution in [3.63, 3.8) is 0 Å². The maximum atomic E-state index is 5.97. The molecule has 5 heteroatoms. The first-order valence-electron chi connectivity index (χ1n) is 6.26. The van der Waals surface area contributed by atoms with Crippen molar-refractivity contribution in [1.29, 1.82) is 0 Å². The van der Waals surface area contributed by atoms with Gasteiger partial charge in [0.25, 0.3) is 0 Å². The Morgan fingerprint density at radius 1 is 1.15 bits per heavy atom. The van der Waals surface area contributed by atoms with E-state index in [1.807, 2.05) is 43.3 Å². The van der Waals surface area contributed by atoms with Gasteiger partial charge in [0, 0.05) is 22.1 Å². The van der Waals surface area contributed by atoms with E-state index < -0.39 is 0 Å². The van der Waals surface area contributed by atoms with Gasteiger partial charge in [-0.15, -0.1) is 0 Å². The molecule has 0 saturated carbocycles. The maximum Gasteiger partial charge on any atom is 0.231 e. The predicted octanol–water partition coefficient (Wildman–Crippen LogP) is 3.99. The van der Waals surface area contributed by atoms with E-state index >= 15 is 0 Å². The zero-order chi connectivity index (χ0) is 14.1. The lowest BCUT2D eigenvalue weighted by atomic mass is 10.1. The molecule has 0 radical (unpaired) electrons. The van der Waals surface area contributed by atoms with Gasteiger partial charge in [0.15, 0.2) is 11.5 Å². The third kappa shape index (κ3) is 2.59. The topological polar surface area (TPSA) is 53.7 Å². The van der Waals surface area contributed by atoms with Crippen molar-refractivity contribution >= 4 is 15.9 Å². The van der Waals surface area contributed by atoms with Crippen LogP contribution in [0.4, 0.5) is 0 Å². The Hall–Kier alpha value is -1.72. The minimum atomic E-state index is -0.105. The molecule has 2 aromatic carbocycles. The number of rotatable bonds is 3. The minimum Gasteiger partial charge on any atom is -0.457 e. The van der Waals surface area contributed by atoms with E-state index in [0.717, 1.165) is 21.5 Å². The average molecular weight is 336 g/mol. The highest BCUT2D eigenvalue weighted by molar-refractivity contribution is 9.10. The molecule has 0 saturated heterocycles. The van der Waals surface area contributed by atoms with Crippen molar-refractivity contribution in [2.45, 2.75) is 13.0 Å². The van der Waals surface area contributed by atoms with Crippen molar-refractivity contribution in [3.8, 4) is 23.0 Å². The Balaban J connectivity index is 1.93. The lowest BCUT2D eigenvalue weighted by Gasteiger charge is -2.14. The Kier molecular flexibility index (Phi) is 3.54. The molecular weight excluding hydrogens is 322 g/mol. The van der Waals surface area contributed by atoms with Crippen molar-refractivity contribution < 1.29 is 14.2 Å². The summed E-state index contributed by atoms with van der Waals surface area (Å²) in [7, 11) is 0. The molecule has 20 heavy (non-hydrogen) atoms. The number of fused-ring (bicyclic) bond motifs is 1. The molecule has 1 unspecified atom stereocenters. The predicted molar refractivity (Wildman–Crippen MR) is 79.4 cm³/mol. The fourth-order valence-electron chi connectivity index (χ4n) is 2.04. The van der Waals surface area contributed by atoms with Crippen LogP contribution < -0.4 is 19.9 Å². The summed E-state index contributed by atoms with van der Waals surface area (Å²) in [5.74, 6) is 2.85. The fourth-order valence-corrected chi connectivity index (χ4v) is 2.38. The average Bonchev–Trinajstić information content (AvgIpc) is 2.85. The van der Waals surface area contributed by atoms with E-state index in [1.54, 1.807) is 0 Å². The third-order valence-corrected chi connectivity index (χ3v) is 3.53. The summed E-state index contributed by atoms with van der Waals surface area (Å²) < 4.78 is 17.5. The molecule has 1 aliphatic heterocycles. The number of hydrogen-bond donors (Lipinski definition) is 1. The van der Waals surface area contributed by atoms with Gasteiger partial charge >= 0.3 is 0 Å². The lowest BCUT2D eigenvalue weighted by Crippen LogP contribution is -2.06. The van der Waals surface area contributed by atoms with Gasteiger partial charge in [0.2, 0.25) is 6.79 Å². The van der Waals surface area contributed by atoms with E-state index in [1.165, 1.54) is 0 Å². The highest BCUT2D eigenvalue weighted by Gasteiger charge is 2.15. The number of ether oxygens (including phenoxy) is 3. The summed E-state index contributed by atoms with van der Waals surface area (Å²) in [4.78, 5) is 0. The number of benzene rings is 2. The highest BCUT2D eigenvalue weighted by Crippen LogP contribution is 2.38. The van der Waals surface area contributed by atoms with Crippen LogP contribution in [-0.2, 0) is 0 Å². The van der Waals surface area contributed by atoms with Crippen LogP contribution in [0.1, 0.15) is 18.5 Å². The molecule has 2 aromatic rings. The van der Waals surface area contributed by atoms with Gasteiger partial charge in [-0.3, -0.25) is 0 Å². The summed E-state index contributed by atoms with van der Waals surface area (Å²) in [5.41, 5.74) is 6.92. The standard InChI is InChI=1S/C15H14BrNO3/c1-9(17)12-4-2-10(16)6-14(12)20-11-3-5-13-15(7-11)19-8-18-13/h2-7,9H,8,17H2,1H3. The summed E-state index contributed by atoms with van der Waals surface area (Å²) in [6.45, 7) is 2.18. The molecular formula is C15H14BrNO3. The Morgan fingerprint density at radius 3 is 2.75 bits per heavy atom. The lowest BCUT2D eigenvalue weighted by molar-refractivity contribution is 0.174. The van der Waals surface area contributed by atoms with Crippen LogP contribution in [0.15, 0.2) is 40.9 Å². The molecule has 0 amide bonds. The second kappa shape index (κ2) is 5.34. The Labute approximate surface area is 125 Å². The van der Waals surface area contributed by atoms with Crippen molar-refractivity contribution in [1.82, 2.24) is 0 Å². The van der Waals surface area contributed by atoms with Crippen molar-refractivity contribution in [2.75, 3.05) is 6.79 Å². The number of hydrogen-bond acceptors (Lipinski definition) is 4. The molecule has 0 spiro atoms. The second-order valence-electron chi connectivity index (χ2n) is 4.59. The Morgan fingerprint density at radius 2 is 1.95 bits per heavy atom. The summed E-state index contributed by atoms with van der Waals surface area (Å²) in [6.07, 6.45) is 0. The van der Waals surface area contributed by atoms with Gasteiger partial charge in [-0.05, 0) is 31.2 Å². The molecule has 3 rings (SSSR count).